The van der Waals surface area contributed by atoms with Crippen LogP contribution in [0.2, 0.25) is 15.1 Å². The number of carbonyl (C=O) groups excluding carboxylic acids is 1. The number of hydrogen-bond donors (Lipinski definition) is 0. The van der Waals surface area contributed by atoms with Crippen molar-refractivity contribution in [3.05, 3.63) is 32.8 Å². The first kappa shape index (κ1) is 12.6. The zero-order valence-electron chi connectivity index (χ0n) is 8.05. The number of nitrogens with zero attached hydrogens (tertiary/aromatic N) is 1. The first-order chi connectivity index (χ1) is 6.99. The Hall–Kier alpha value is -0.480. The van der Waals surface area contributed by atoms with Gasteiger partial charge < -0.3 is 0 Å². The van der Waals surface area contributed by atoms with Crippen LogP contribution in [0.4, 0.5) is 0 Å². The molecular formula is C9H8Cl3NO2. The topological polar surface area (TPSA) is 29.5 Å². The minimum atomic E-state index is -0.449. The van der Waals surface area contributed by atoms with Crippen molar-refractivity contribution in [2.24, 2.45) is 0 Å². The fraction of sp³-hybridized carbons (Fsp3) is 0.222. The van der Waals surface area contributed by atoms with E-state index in [1.165, 1.54) is 26.3 Å². The van der Waals surface area contributed by atoms with Crippen LogP contribution in [-0.4, -0.2) is 25.1 Å². The molecule has 0 saturated carbocycles. The summed E-state index contributed by atoms with van der Waals surface area (Å²) in [7, 11) is 2.82. The number of benzene rings is 1. The van der Waals surface area contributed by atoms with E-state index in [2.05, 4.69) is 0 Å². The van der Waals surface area contributed by atoms with E-state index in [4.69, 9.17) is 39.6 Å². The van der Waals surface area contributed by atoms with Gasteiger partial charge in [-0.1, -0.05) is 34.8 Å². The molecule has 0 aliphatic heterocycles. The van der Waals surface area contributed by atoms with Gasteiger partial charge in [-0.25, -0.2) is 5.06 Å². The fourth-order valence-corrected chi connectivity index (χ4v) is 1.65. The maximum Gasteiger partial charge on any atom is 0.280 e. The molecule has 15 heavy (non-hydrogen) atoms. The van der Waals surface area contributed by atoms with Crippen LogP contribution >= 0.6 is 34.8 Å². The van der Waals surface area contributed by atoms with Crippen LogP contribution in [0.25, 0.3) is 0 Å². The van der Waals surface area contributed by atoms with E-state index >= 15 is 0 Å². The first-order valence-electron chi connectivity index (χ1n) is 3.94. The predicted octanol–water partition coefficient (Wildman–Crippen LogP) is 3.28. The van der Waals surface area contributed by atoms with Crippen LogP contribution < -0.4 is 0 Å². The highest BCUT2D eigenvalue weighted by Gasteiger charge is 2.20. The Morgan fingerprint density at radius 3 is 2.33 bits per heavy atom. The molecule has 0 fully saturated rings. The molecule has 0 aliphatic carbocycles. The molecule has 3 nitrogen and oxygen atoms in total. The number of amides is 1. The van der Waals surface area contributed by atoms with Crippen molar-refractivity contribution in [2.45, 2.75) is 0 Å². The molecule has 0 saturated heterocycles. The smallest absolute Gasteiger partial charge is 0.274 e. The Bertz CT molecular complexity index is 395. The molecule has 0 heterocycles. The van der Waals surface area contributed by atoms with Gasteiger partial charge in [0.15, 0.2) is 0 Å². The summed E-state index contributed by atoms with van der Waals surface area (Å²) in [5, 5.41) is 1.65. The van der Waals surface area contributed by atoms with Gasteiger partial charge in [0.25, 0.3) is 5.91 Å². The van der Waals surface area contributed by atoms with E-state index in [0.29, 0.717) is 0 Å². The van der Waals surface area contributed by atoms with Gasteiger partial charge in [-0.3, -0.25) is 9.63 Å². The van der Waals surface area contributed by atoms with E-state index in [0.717, 1.165) is 5.06 Å². The Kier molecular flexibility index (Phi) is 4.22. The molecule has 0 atom stereocenters. The van der Waals surface area contributed by atoms with Crippen LogP contribution in [0.3, 0.4) is 0 Å². The summed E-state index contributed by atoms with van der Waals surface area (Å²) >= 11 is 17.5. The largest absolute Gasteiger partial charge is 0.280 e. The monoisotopic (exact) mass is 267 g/mol. The first-order valence-corrected chi connectivity index (χ1v) is 5.08. The molecule has 0 radical (unpaired) electrons. The van der Waals surface area contributed by atoms with E-state index in [1.54, 1.807) is 0 Å². The summed E-state index contributed by atoms with van der Waals surface area (Å²) in [5.74, 6) is -0.449. The fourth-order valence-electron chi connectivity index (χ4n) is 0.963. The summed E-state index contributed by atoms with van der Waals surface area (Å²) < 4.78 is 0. The normalized spacial score (nSPS) is 10.2. The molecule has 0 N–H and O–H groups in total. The molecule has 6 heteroatoms. The number of carbonyl (C=O) groups is 1. The van der Waals surface area contributed by atoms with Crippen molar-refractivity contribution in [1.82, 2.24) is 5.06 Å². The van der Waals surface area contributed by atoms with Gasteiger partial charge in [-0.2, -0.15) is 0 Å². The standard InChI is InChI=1S/C9H8Cl3NO2/c1-13(15-2)9(14)7-5(10)3-4-6(11)8(7)12/h3-4H,1-2H3. The lowest BCUT2D eigenvalue weighted by molar-refractivity contribution is -0.0756. The van der Waals surface area contributed by atoms with Crippen LogP contribution in [0.5, 0.6) is 0 Å². The molecule has 0 spiro atoms. The van der Waals surface area contributed by atoms with Gasteiger partial charge in [-0.05, 0) is 12.1 Å². The second kappa shape index (κ2) is 5.03. The molecule has 1 amide bonds. The predicted molar refractivity (Wildman–Crippen MR) is 60.6 cm³/mol. The SMILES string of the molecule is CON(C)C(=O)c1c(Cl)ccc(Cl)c1Cl. The lowest BCUT2D eigenvalue weighted by Gasteiger charge is -2.15. The van der Waals surface area contributed by atoms with E-state index < -0.39 is 5.91 Å². The molecule has 0 aliphatic rings. The van der Waals surface area contributed by atoms with Gasteiger partial charge in [0.05, 0.1) is 27.7 Å². The maximum atomic E-state index is 11.7. The van der Waals surface area contributed by atoms with Crippen LogP contribution in [0, 0.1) is 0 Å². The molecule has 1 aromatic rings. The Balaban J connectivity index is 3.24. The number of hydrogen-bond acceptors (Lipinski definition) is 2. The van der Waals surface area contributed by atoms with Crippen molar-refractivity contribution in [1.29, 1.82) is 0 Å². The Morgan fingerprint density at radius 1 is 1.27 bits per heavy atom. The zero-order chi connectivity index (χ0) is 11.6. The summed E-state index contributed by atoms with van der Waals surface area (Å²) in [6, 6.07) is 3.03. The molecule has 0 bridgehead atoms. The van der Waals surface area contributed by atoms with E-state index in [1.807, 2.05) is 0 Å². The average Bonchev–Trinajstić information content (AvgIpc) is 2.22. The second-order valence-electron chi connectivity index (χ2n) is 2.70. The molecule has 0 aromatic heterocycles. The van der Waals surface area contributed by atoms with Crippen LogP contribution in [-0.2, 0) is 4.84 Å². The highest BCUT2D eigenvalue weighted by molar-refractivity contribution is 6.46. The number of hydroxylamine groups is 2. The zero-order valence-corrected chi connectivity index (χ0v) is 10.3. The van der Waals surface area contributed by atoms with Crippen LogP contribution in [0.1, 0.15) is 10.4 Å². The highest BCUT2D eigenvalue weighted by Crippen LogP contribution is 2.32. The van der Waals surface area contributed by atoms with Gasteiger partial charge in [0, 0.05) is 7.05 Å². The molecule has 0 unspecified atom stereocenters. The van der Waals surface area contributed by atoms with Gasteiger partial charge in [-0.15, -0.1) is 0 Å². The van der Waals surface area contributed by atoms with Crippen molar-refractivity contribution < 1.29 is 9.63 Å². The van der Waals surface area contributed by atoms with E-state index in [9.17, 15) is 4.79 Å². The third-order valence-corrected chi connectivity index (χ3v) is 2.94. The van der Waals surface area contributed by atoms with Gasteiger partial charge in [0.1, 0.15) is 0 Å². The molecule has 82 valence electrons. The van der Waals surface area contributed by atoms with Gasteiger partial charge in [0.2, 0.25) is 0 Å². The minimum absolute atomic E-state index is 0.123. The van der Waals surface area contributed by atoms with E-state index in [-0.39, 0.29) is 20.6 Å². The second-order valence-corrected chi connectivity index (χ2v) is 3.90. The summed E-state index contributed by atoms with van der Waals surface area (Å²) in [6.07, 6.45) is 0. The van der Waals surface area contributed by atoms with Crippen molar-refractivity contribution in [2.75, 3.05) is 14.2 Å². The molecule has 1 aromatic carbocycles. The van der Waals surface area contributed by atoms with Gasteiger partial charge >= 0.3 is 0 Å². The van der Waals surface area contributed by atoms with Crippen molar-refractivity contribution in [3.63, 3.8) is 0 Å². The third-order valence-electron chi connectivity index (χ3n) is 1.82. The Labute approximate surface area is 102 Å². The average molecular weight is 269 g/mol. The quantitative estimate of drug-likeness (QED) is 0.608. The number of halogens is 3. The van der Waals surface area contributed by atoms with Crippen LogP contribution in [0.15, 0.2) is 12.1 Å². The lowest BCUT2D eigenvalue weighted by atomic mass is 10.2. The van der Waals surface area contributed by atoms with Crippen molar-refractivity contribution >= 4 is 40.7 Å². The lowest BCUT2D eigenvalue weighted by Crippen LogP contribution is -2.26. The third kappa shape index (κ3) is 2.55. The molecular weight excluding hydrogens is 260 g/mol. The Morgan fingerprint density at radius 2 is 1.80 bits per heavy atom. The summed E-state index contributed by atoms with van der Waals surface area (Å²) in [4.78, 5) is 16.5. The maximum absolute atomic E-state index is 11.7. The summed E-state index contributed by atoms with van der Waals surface area (Å²) in [6.45, 7) is 0. The number of rotatable bonds is 2. The van der Waals surface area contributed by atoms with Crippen molar-refractivity contribution in [3.8, 4) is 0 Å². The summed E-state index contributed by atoms with van der Waals surface area (Å²) in [5.41, 5.74) is 0.134. The molecule has 1 rings (SSSR count). The minimum Gasteiger partial charge on any atom is -0.274 e. The highest BCUT2D eigenvalue weighted by atomic mass is 35.5.